The molecule has 0 unspecified atom stereocenters. The van der Waals surface area contributed by atoms with Gasteiger partial charge in [0.15, 0.2) is 11.5 Å². The van der Waals surface area contributed by atoms with Crippen molar-refractivity contribution >= 4 is 0 Å². The van der Waals surface area contributed by atoms with Gasteiger partial charge in [-0.15, -0.1) is 0 Å². The zero-order valence-electron chi connectivity index (χ0n) is 8.04. The third-order valence-electron chi connectivity index (χ3n) is 2.22. The monoisotopic (exact) mass is 195 g/mol. The van der Waals surface area contributed by atoms with Gasteiger partial charge in [0.2, 0.25) is 6.79 Å². The number of hydrogen-bond acceptors (Lipinski definition) is 4. The molecule has 1 aliphatic rings. The van der Waals surface area contributed by atoms with Gasteiger partial charge in [-0.25, -0.2) is 0 Å². The second-order valence-electron chi connectivity index (χ2n) is 3.19. The van der Waals surface area contributed by atoms with Crippen LogP contribution in [0, 0.1) is 0 Å². The summed E-state index contributed by atoms with van der Waals surface area (Å²) in [5.74, 6) is 1.61. The van der Waals surface area contributed by atoms with Crippen molar-refractivity contribution in [2.45, 2.75) is 6.42 Å². The van der Waals surface area contributed by atoms with E-state index in [0.29, 0.717) is 11.5 Å². The highest BCUT2D eigenvalue weighted by molar-refractivity contribution is 5.51. The van der Waals surface area contributed by atoms with Crippen molar-refractivity contribution in [2.24, 2.45) is 0 Å². The third kappa shape index (κ3) is 1.61. The van der Waals surface area contributed by atoms with E-state index in [9.17, 15) is 5.11 Å². The molecule has 0 bridgehead atoms. The van der Waals surface area contributed by atoms with Crippen LogP contribution in [0.15, 0.2) is 12.1 Å². The third-order valence-corrected chi connectivity index (χ3v) is 2.22. The molecule has 0 aliphatic carbocycles. The zero-order valence-corrected chi connectivity index (χ0v) is 8.04. The van der Waals surface area contributed by atoms with Crippen LogP contribution in [-0.2, 0) is 6.42 Å². The van der Waals surface area contributed by atoms with Gasteiger partial charge in [-0.3, -0.25) is 0 Å². The highest BCUT2D eigenvalue weighted by Gasteiger charge is 2.16. The van der Waals surface area contributed by atoms with Gasteiger partial charge >= 0.3 is 0 Å². The first-order chi connectivity index (χ1) is 6.81. The molecule has 2 N–H and O–H groups in total. The number of phenols is 1. The lowest BCUT2D eigenvalue weighted by atomic mass is 10.1. The van der Waals surface area contributed by atoms with E-state index in [4.69, 9.17) is 9.47 Å². The van der Waals surface area contributed by atoms with Crippen molar-refractivity contribution in [1.29, 1.82) is 0 Å². The van der Waals surface area contributed by atoms with E-state index in [1.165, 1.54) is 0 Å². The molecule has 4 nitrogen and oxygen atoms in total. The SMILES string of the molecule is CNCCc1cc2c(cc1O)OCO2. The molecule has 4 heteroatoms. The van der Waals surface area contributed by atoms with Gasteiger partial charge in [0.25, 0.3) is 0 Å². The lowest BCUT2D eigenvalue weighted by Crippen LogP contribution is -2.10. The Bertz CT molecular complexity index is 338. The van der Waals surface area contributed by atoms with Crippen molar-refractivity contribution in [3.63, 3.8) is 0 Å². The van der Waals surface area contributed by atoms with Crippen LogP contribution in [0.1, 0.15) is 5.56 Å². The molecule has 0 amide bonds. The number of rotatable bonds is 3. The van der Waals surface area contributed by atoms with Gasteiger partial charge in [-0.2, -0.15) is 0 Å². The number of nitrogens with one attached hydrogen (secondary N) is 1. The summed E-state index contributed by atoms with van der Waals surface area (Å²) in [6.45, 7) is 1.07. The quantitative estimate of drug-likeness (QED) is 0.751. The average molecular weight is 195 g/mol. The summed E-state index contributed by atoms with van der Waals surface area (Å²) in [6.07, 6.45) is 0.777. The second kappa shape index (κ2) is 3.75. The standard InChI is InChI=1S/C10H13NO3/c1-11-3-2-7-4-9-10(5-8(7)12)14-6-13-9/h4-5,11-12H,2-3,6H2,1H3. The molecule has 0 atom stereocenters. The van der Waals surface area contributed by atoms with Crippen molar-refractivity contribution < 1.29 is 14.6 Å². The van der Waals surface area contributed by atoms with Crippen LogP contribution in [0.2, 0.25) is 0 Å². The fourth-order valence-electron chi connectivity index (χ4n) is 1.43. The van der Waals surface area contributed by atoms with E-state index in [1.54, 1.807) is 6.07 Å². The minimum Gasteiger partial charge on any atom is -0.508 e. The second-order valence-corrected chi connectivity index (χ2v) is 3.19. The fourth-order valence-corrected chi connectivity index (χ4v) is 1.43. The number of fused-ring (bicyclic) bond motifs is 1. The van der Waals surface area contributed by atoms with Crippen LogP contribution in [0.4, 0.5) is 0 Å². The molecule has 0 saturated carbocycles. The summed E-state index contributed by atoms with van der Waals surface area (Å²) in [5, 5.41) is 12.7. The van der Waals surface area contributed by atoms with E-state index in [1.807, 2.05) is 13.1 Å². The Labute approximate surface area is 82.5 Å². The van der Waals surface area contributed by atoms with Crippen LogP contribution >= 0.6 is 0 Å². The maximum atomic E-state index is 9.64. The van der Waals surface area contributed by atoms with Crippen molar-refractivity contribution in [3.8, 4) is 17.2 Å². The molecule has 0 spiro atoms. The van der Waals surface area contributed by atoms with Gasteiger partial charge in [0.05, 0.1) is 0 Å². The van der Waals surface area contributed by atoms with Gasteiger partial charge in [0.1, 0.15) is 5.75 Å². The van der Waals surface area contributed by atoms with Crippen LogP contribution in [-0.4, -0.2) is 25.5 Å². The fraction of sp³-hybridized carbons (Fsp3) is 0.400. The number of hydrogen-bond donors (Lipinski definition) is 2. The van der Waals surface area contributed by atoms with Gasteiger partial charge < -0.3 is 19.9 Å². The predicted octanol–water partition coefficient (Wildman–Crippen LogP) is 0.883. The van der Waals surface area contributed by atoms with Crippen molar-refractivity contribution in [3.05, 3.63) is 17.7 Å². The minimum absolute atomic E-state index is 0.240. The highest BCUT2D eigenvalue weighted by Crippen LogP contribution is 2.37. The number of aromatic hydroxyl groups is 1. The normalized spacial score (nSPS) is 13.2. The molecule has 0 saturated heterocycles. The molecule has 1 aliphatic heterocycles. The topological polar surface area (TPSA) is 50.7 Å². The molecule has 76 valence electrons. The summed E-state index contributed by atoms with van der Waals surface area (Å²) in [5.41, 5.74) is 0.878. The first-order valence-electron chi connectivity index (χ1n) is 4.57. The zero-order chi connectivity index (χ0) is 9.97. The molecule has 14 heavy (non-hydrogen) atoms. The molecule has 2 rings (SSSR count). The molecule has 0 radical (unpaired) electrons. The smallest absolute Gasteiger partial charge is 0.231 e. The lowest BCUT2D eigenvalue weighted by molar-refractivity contribution is 0.174. The summed E-state index contributed by atoms with van der Waals surface area (Å²) in [4.78, 5) is 0. The Morgan fingerprint density at radius 1 is 1.36 bits per heavy atom. The molecular weight excluding hydrogens is 182 g/mol. The number of phenolic OH excluding ortho intramolecular Hbond substituents is 1. The van der Waals surface area contributed by atoms with Gasteiger partial charge in [-0.1, -0.05) is 0 Å². The van der Waals surface area contributed by atoms with E-state index in [-0.39, 0.29) is 12.5 Å². The first kappa shape index (κ1) is 9.15. The highest BCUT2D eigenvalue weighted by atomic mass is 16.7. The molecule has 1 aromatic rings. The number of benzene rings is 1. The average Bonchev–Trinajstić information content (AvgIpc) is 2.61. The molecule has 0 aromatic heterocycles. The largest absolute Gasteiger partial charge is 0.508 e. The van der Waals surface area contributed by atoms with E-state index < -0.39 is 0 Å². The summed E-state index contributed by atoms with van der Waals surface area (Å²) in [6, 6.07) is 3.43. The molecule has 1 heterocycles. The van der Waals surface area contributed by atoms with E-state index in [0.717, 1.165) is 18.5 Å². The van der Waals surface area contributed by atoms with Crippen LogP contribution < -0.4 is 14.8 Å². The first-order valence-corrected chi connectivity index (χ1v) is 4.57. The Balaban J connectivity index is 2.23. The van der Waals surface area contributed by atoms with Crippen LogP contribution in [0.25, 0.3) is 0 Å². The summed E-state index contributed by atoms with van der Waals surface area (Å²) in [7, 11) is 1.88. The Kier molecular flexibility index (Phi) is 2.45. The predicted molar refractivity (Wildman–Crippen MR) is 51.9 cm³/mol. The Morgan fingerprint density at radius 2 is 2.07 bits per heavy atom. The van der Waals surface area contributed by atoms with Crippen molar-refractivity contribution in [2.75, 3.05) is 20.4 Å². The maximum absolute atomic E-state index is 9.64. The summed E-state index contributed by atoms with van der Waals surface area (Å²) < 4.78 is 10.4. The van der Waals surface area contributed by atoms with Gasteiger partial charge in [-0.05, 0) is 31.6 Å². The summed E-state index contributed by atoms with van der Waals surface area (Å²) >= 11 is 0. The Hall–Kier alpha value is -1.42. The Morgan fingerprint density at radius 3 is 2.79 bits per heavy atom. The van der Waals surface area contributed by atoms with Crippen LogP contribution in [0.5, 0.6) is 17.2 Å². The van der Waals surface area contributed by atoms with E-state index >= 15 is 0 Å². The molecule has 0 fully saturated rings. The van der Waals surface area contributed by atoms with Gasteiger partial charge in [0, 0.05) is 6.07 Å². The maximum Gasteiger partial charge on any atom is 0.231 e. The molecular formula is C10H13NO3. The number of likely N-dealkylation sites (N-methyl/N-ethyl adjacent to an activating group) is 1. The van der Waals surface area contributed by atoms with Crippen molar-refractivity contribution in [1.82, 2.24) is 5.32 Å². The molecule has 1 aromatic carbocycles. The minimum atomic E-state index is 0.240. The lowest BCUT2D eigenvalue weighted by Gasteiger charge is -2.05. The van der Waals surface area contributed by atoms with Crippen LogP contribution in [0.3, 0.4) is 0 Å². The van der Waals surface area contributed by atoms with E-state index in [2.05, 4.69) is 5.32 Å². The number of ether oxygens (including phenoxy) is 2.